The highest BCUT2D eigenvalue weighted by molar-refractivity contribution is 7.11. The standard InChI is InChI=1S/C14H21F3N2S/c1-13(2,3)8-4-5-10(18)9(6-8)11-7-19-12(20-11)14(15,16)17/h7-10H,4-6,18H2,1-3H3. The molecule has 2 nitrogen and oxygen atoms in total. The first-order chi connectivity index (χ1) is 9.09. The third-order valence-electron chi connectivity index (χ3n) is 4.26. The summed E-state index contributed by atoms with van der Waals surface area (Å²) >= 11 is 0.747. The second-order valence-corrected chi connectivity index (χ2v) is 7.77. The number of aromatic nitrogens is 1. The molecule has 20 heavy (non-hydrogen) atoms. The molecule has 2 rings (SSSR count). The highest BCUT2D eigenvalue weighted by Crippen LogP contribution is 2.45. The van der Waals surface area contributed by atoms with Gasteiger partial charge in [0.05, 0.1) is 0 Å². The van der Waals surface area contributed by atoms with Gasteiger partial charge in [0.2, 0.25) is 0 Å². The van der Waals surface area contributed by atoms with Crippen LogP contribution in [0.15, 0.2) is 6.20 Å². The first-order valence-corrected chi connectivity index (χ1v) is 7.69. The molecule has 0 amide bonds. The molecule has 0 saturated heterocycles. The molecule has 0 aliphatic heterocycles. The summed E-state index contributed by atoms with van der Waals surface area (Å²) in [5, 5.41) is -0.766. The van der Waals surface area contributed by atoms with E-state index >= 15 is 0 Å². The quantitative estimate of drug-likeness (QED) is 0.834. The van der Waals surface area contributed by atoms with Gasteiger partial charge in [-0.1, -0.05) is 20.8 Å². The molecule has 1 aliphatic rings. The van der Waals surface area contributed by atoms with Crippen LogP contribution in [0.2, 0.25) is 0 Å². The second-order valence-electron chi connectivity index (χ2n) is 6.71. The van der Waals surface area contributed by atoms with E-state index in [2.05, 4.69) is 25.8 Å². The van der Waals surface area contributed by atoms with Gasteiger partial charge in [-0.05, 0) is 30.6 Å². The van der Waals surface area contributed by atoms with Gasteiger partial charge in [-0.2, -0.15) is 13.2 Å². The third-order valence-corrected chi connectivity index (χ3v) is 5.43. The van der Waals surface area contributed by atoms with Gasteiger partial charge < -0.3 is 5.73 Å². The monoisotopic (exact) mass is 306 g/mol. The van der Waals surface area contributed by atoms with Crippen molar-refractivity contribution >= 4 is 11.3 Å². The Morgan fingerprint density at radius 1 is 1.25 bits per heavy atom. The van der Waals surface area contributed by atoms with Gasteiger partial charge in [0, 0.05) is 23.0 Å². The number of hydrogen-bond acceptors (Lipinski definition) is 3. The normalized spacial score (nSPS) is 28.6. The lowest BCUT2D eigenvalue weighted by molar-refractivity contribution is -0.137. The second kappa shape index (κ2) is 5.30. The van der Waals surface area contributed by atoms with E-state index in [0.717, 1.165) is 30.6 Å². The van der Waals surface area contributed by atoms with Crippen molar-refractivity contribution in [2.75, 3.05) is 0 Å². The highest BCUT2D eigenvalue weighted by atomic mass is 32.1. The van der Waals surface area contributed by atoms with Crippen molar-refractivity contribution in [3.8, 4) is 0 Å². The SMILES string of the molecule is CC(C)(C)C1CCC(N)C(c2cnc(C(F)(F)F)s2)C1. The molecule has 3 unspecified atom stereocenters. The zero-order valence-corrected chi connectivity index (χ0v) is 12.8. The van der Waals surface area contributed by atoms with Crippen LogP contribution in [0.3, 0.4) is 0 Å². The fraction of sp³-hybridized carbons (Fsp3) is 0.786. The van der Waals surface area contributed by atoms with E-state index in [1.165, 1.54) is 6.20 Å². The van der Waals surface area contributed by atoms with Crippen LogP contribution in [-0.2, 0) is 6.18 Å². The maximum Gasteiger partial charge on any atom is 0.443 e. The van der Waals surface area contributed by atoms with Crippen molar-refractivity contribution in [1.82, 2.24) is 4.98 Å². The number of rotatable bonds is 1. The topological polar surface area (TPSA) is 38.9 Å². The van der Waals surface area contributed by atoms with Crippen molar-refractivity contribution in [2.24, 2.45) is 17.1 Å². The van der Waals surface area contributed by atoms with Crippen LogP contribution in [0.5, 0.6) is 0 Å². The predicted octanol–water partition coefficient (Wildman–Crippen LogP) is 4.42. The first kappa shape index (κ1) is 15.8. The lowest BCUT2D eigenvalue weighted by atomic mass is 9.67. The summed E-state index contributed by atoms with van der Waals surface area (Å²) in [4.78, 5) is 4.20. The van der Waals surface area contributed by atoms with Gasteiger partial charge in [0.15, 0.2) is 5.01 Å². The molecular formula is C14H21F3N2S. The minimum atomic E-state index is -4.36. The van der Waals surface area contributed by atoms with Crippen molar-refractivity contribution < 1.29 is 13.2 Å². The van der Waals surface area contributed by atoms with Crippen molar-refractivity contribution in [3.63, 3.8) is 0 Å². The molecule has 0 aromatic carbocycles. The van der Waals surface area contributed by atoms with Crippen molar-refractivity contribution in [3.05, 3.63) is 16.1 Å². The fourth-order valence-electron chi connectivity index (χ4n) is 2.90. The van der Waals surface area contributed by atoms with Gasteiger partial charge in [-0.3, -0.25) is 0 Å². The molecule has 3 atom stereocenters. The third kappa shape index (κ3) is 3.34. The van der Waals surface area contributed by atoms with Gasteiger partial charge >= 0.3 is 6.18 Å². The number of hydrogen-bond donors (Lipinski definition) is 1. The number of alkyl halides is 3. The average molecular weight is 306 g/mol. The summed E-state index contributed by atoms with van der Waals surface area (Å²) in [6.45, 7) is 6.54. The smallest absolute Gasteiger partial charge is 0.327 e. The molecule has 1 aromatic heterocycles. The van der Waals surface area contributed by atoms with Crippen LogP contribution in [0, 0.1) is 11.3 Å². The van der Waals surface area contributed by atoms with Crippen LogP contribution < -0.4 is 5.73 Å². The Morgan fingerprint density at radius 3 is 2.40 bits per heavy atom. The Bertz CT molecular complexity index is 462. The zero-order chi connectivity index (χ0) is 15.1. The van der Waals surface area contributed by atoms with E-state index in [0.29, 0.717) is 10.8 Å². The number of nitrogens with zero attached hydrogens (tertiary/aromatic N) is 1. The van der Waals surface area contributed by atoms with E-state index in [1.807, 2.05) is 0 Å². The largest absolute Gasteiger partial charge is 0.443 e. The Balaban J connectivity index is 2.20. The number of nitrogens with two attached hydrogens (primary N) is 1. The van der Waals surface area contributed by atoms with E-state index in [-0.39, 0.29) is 17.4 Å². The zero-order valence-electron chi connectivity index (χ0n) is 12.0. The maximum atomic E-state index is 12.6. The van der Waals surface area contributed by atoms with Crippen LogP contribution in [0.25, 0.3) is 0 Å². The molecule has 1 heterocycles. The molecule has 1 fully saturated rings. The summed E-state index contributed by atoms with van der Waals surface area (Å²) in [6, 6.07) is -0.0601. The maximum absolute atomic E-state index is 12.6. The molecule has 114 valence electrons. The van der Waals surface area contributed by atoms with Crippen LogP contribution in [-0.4, -0.2) is 11.0 Å². The Kier molecular flexibility index (Phi) is 4.17. The minimum Gasteiger partial charge on any atom is -0.327 e. The minimum absolute atomic E-state index is 0.00146. The lowest BCUT2D eigenvalue weighted by Crippen LogP contribution is -2.37. The molecule has 6 heteroatoms. The highest BCUT2D eigenvalue weighted by Gasteiger charge is 2.39. The van der Waals surface area contributed by atoms with Gasteiger partial charge in [0.1, 0.15) is 0 Å². The van der Waals surface area contributed by atoms with Crippen molar-refractivity contribution in [1.29, 1.82) is 0 Å². The van der Waals surface area contributed by atoms with Crippen molar-refractivity contribution in [2.45, 2.75) is 58.2 Å². The van der Waals surface area contributed by atoms with E-state index in [9.17, 15) is 13.2 Å². The van der Waals surface area contributed by atoms with Gasteiger partial charge in [-0.15, -0.1) is 11.3 Å². The summed E-state index contributed by atoms with van der Waals surface area (Å²) in [7, 11) is 0. The van der Waals surface area contributed by atoms with E-state index in [4.69, 9.17) is 5.73 Å². The van der Waals surface area contributed by atoms with Crippen LogP contribution >= 0.6 is 11.3 Å². The molecule has 0 spiro atoms. The lowest BCUT2D eigenvalue weighted by Gasteiger charge is -2.40. The molecule has 1 saturated carbocycles. The summed E-state index contributed by atoms with van der Waals surface area (Å²) in [5.74, 6) is 0.491. The number of thiazole rings is 1. The summed E-state index contributed by atoms with van der Waals surface area (Å²) in [6.07, 6.45) is -0.226. The van der Waals surface area contributed by atoms with E-state index in [1.54, 1.807) is 0 Å². The molecule has 2 N–H and O–H groups in total. The molecule has 1 aromatic rings. The number of halogens is 3. The fourth-order valence-corrected chi connectivity index (χ4v) is 3.87. The van der Waals surface area contributed by atoms with Gasteiger partial charge in [0.25, 0.3) is 0 Å². The molecule has 0 radical (unpaired) electrons. The van der Waals surface area contributed by atoms with Crippen LogP contribution in [0.1, 0.15) is 55.8 Å². The summed E-state index contributed by atoms with van der Waals surface area (Å²) in [5.41, 5.74) is 6.30. The van der Waals surface area contributed by atoms with Crippen LogP contribution in [0.4, 0.5) is 13.2 Å². The molecular weight excluding hydrogens is 285 g/mol. The average Bonchev–Trinajstić information content (AvgIpc) is 2.76. The Hall–Kier alpha value is -0.620. The Morgan fingerprint density at radius 2 is 1.90 bits per heavy atom. The first-order valence-electron chi connectivity index (χ1n) is 6.87. The molecule has 1 aliphatic carbocycles. The van der Waals surface area contributed by atoms with Gasteiger partial charge in [-0.25, -0.2) is 4.98 Å². The summed E-state index contributed by atoms with van der Waals surface area (Å²) < 4.78 is 37.9. The molecule has 0 bridgehead atoms. The van der Waals surface area contributed by atoms with E-state index < -0.39 is 11.2 Å². The Labute approximate surface area is 121 Å². The predicted molar refractivity (Wildman–Crippen MR) is 74.6 cm³/mol.